The number of nitrogens with one attached hydrogen (secondary N) is 3. The summed E-state index contributed by atoms with van der Waals surface area (Å²) in [4.78, 5) is 29.9. The van der Waals surface area contributed by atoms with Crippen LogP contribution in [0.4, 0.5) is 4.79 Å². The van der Waals surface area contributed by atoms with Gasteiger partial charge in [-0.3, -0.25) is 9.79 Å². The van der Waals surface area contributed by atoms with Gasteiger partial charge in [0.25, 0.3) is 0 Å². The Bertz CT molecular complexity index is 477. The lowest BCUT2D eigenvalue weighted by atomic mass is 9.92. The molecular weight excluding hydrogens is 449 g/mol. The highest BCUT2D eigenvalue weighted by Crippen LogP contribution is 2.16. The minimum atomic E-state index is -0.563. The summed E-state index contributed by atoms with van der Waals surface area (Å²) in [7, 11) is 1.40. The average Bonchev–Trinajstić information content (AvgIpc) is 2.60. The molecule has 2 amide bonds. The Hall–Kier alpha value is -1.26. The minimum absolute atomic E-state index is 0. The Labute approximate surface area is 173 Å². The largest absolute Gasteiger partial charge is 0.453 e. The number of amides is 2. The van der Waals surface area contributed by atoms with E-state index < -0.39 is 5.41 Å². The molecule has 0 aromatic rings. The van der Waals surface area contributed by atoms with Gasteiger partial charge < -0.3 is 25.6 Å². The maximum atomic E-state index is 12.1. The van der Waals surface area contributed by atoms with E-state index >= 15 is 0 Å². The molecule has 9 heteroatoms. The van der Waals surface area contributed by atoms with E-state index in [0.717, 1.165) is 19.4 Å². The van der Waals surface area contributed by atoms with E-state index in [4.69, 9.17) is 4.74 Å². The summed E-state index contributed by atoms with van der Waals surface area (Å²) in [6, 6.07) is 0.242. The number of piperidine rings is 1. The van der Waals surface area contributed by atoms with Crippen LogP contribution in [-0.2, 0) is 9.53 Å². The van der Waals surface area contributed by atoms with Crippen molar-refractivity contribution < 1.29 is 14.3 Å². The summed E-state index contributed by atoms with van der Waals surface area (Å²) in [5.74, 6) is 0.706. The third-order valence-electron chi connectivity index (χ3n) is 4.20. The van der Waals surface area contributed by atoms with E-state index in [-0.39, 0.29) is 42.0 Å². The molecule has 1 rings (SSSR count). The smallest absolute Gasteiger partial charge is 0.409 e. The van der Waals surface area contributed by atoms with E-state index in [1.165, 1.54) is 7.11 Å². The summed E-state index contributed by atoms with van der Waals surface area (Å²) < 4.78 is 4.76. The molecule has 0 spiro atoms. The lowest BCUT2D eigenvalue weighted by Gasteiger charge is -2.32. The van der Waals surface area contributed by atoms with Gasteiger partial charge in [0.05, 0.1) is 19.1 Å². The molecular formula is C17H34IN5O3. The van der Waals surface area contributed by atoms with E-state index in [0.29, 0.717) is 32.1 Å². The van der Waals surface area contributed by atoms with Crippen LogP contribution < -0.4 is 16.0 Å². The zero-order valence-electron chi connectivity index (χ0n) is 16.6. The summed E-state index contributed by atoms with van der Waals surface area (Å²) in [6.07, 6.45) is 1.39. The van der Waals surface area contributed by atoms with Crippen LogP contribution in [0.1, 0.15) is 40.5 Å². The first-order chi connectivity index (χ1) is 11.8. The van der Waals surface area contributed by atoms with Gasteiger partial charge in [-0.1, -0.05) is 0 Å². The topological polar surface area (TPSA) is 95.1 Å². The third-order valence-corrected chi connectivity index (χ3v) is 4.20. The van der Waals surface area contributed by atoms with Crippen molar-refractivity contribution in [3.8, 4) is 0 Å². The molecule has 0 aliphatic carbocycles. The molecule has 8 nitrogen and oxygen atoms in total. The van der Waals surface area contributed by atoms with Gasteiger partial charge in [-0.25, -0.2) is 4.79 Å². The maximum absolute atomic E-state index is 12.1. The molecule has 0 atom stereocenters. The van der Waals surface area contributed by atoms with Crippen molar-refractivity contribution in [1.82, 2.24) is 20.9 Å². The normalized spacial score (nSPS) is 15.7. The van der Waals surface area contributed by atoms with Crippen LogP contribution in [0.2, 0.25) is 0 Å². The summed E-state index contributed by atoms with van der Waals surface area (Å²) >= 11 is 0. The highest BCUT2D eigenvalue weighted by Gasteiger charge is 2.27. The highest BCUT2D eigenvalue weighted by molar-refractivity contribution is 14.0. The van der Waals surface area contributed by atoms with E-state index in [9.17, 15) is 9.59 Å². The first-order valence-electron chi connectivity index (χ1n) is 9.00. The summed E-state index contributed by atoms with van der Waals surface area (Å²) in [6.45, 7) is 10.8. The van der Waals surface area contributed by atoms with Gasteiger partial charge >= 0.3 is 6.09 Å². The fraction of sp³-hybridized carbons (Fsp3) is 0.824. The van der Waals surface area contributed by atoms with Crippen LogP contribution in [0.5, 0.6) is 0 Å². The Morgan fingerprint density at radius 2 is 1.73 bits per heavy atom. The second-order valence-electron chi connectivity index (χ2n) is 6.81. The van der Waals surface area contributed by atoms with Crippen molar-refractivity contribution in [2.45, 2.75) is 46.6 Å². The van der Waals surface area contributed by atoms with Crippen LogP contribution >= 0.6 is 24.0 Å². The first-order valence-corrected chi connectivity index (χ1v) is 9.00. The molecule has 0 aromatic carbocycles. The molecule has 152 valence electrons. The number of halogens is 1. The van der Waals surface area contributed by atoms with Gasteiger partial charge in [0.1, 0.15) is 0 Å². The van der Waals surface area contributed by atoms with Crippen molar-refractivity contribution in [1.29, 1.82) is 0 Å². The Morgan fingerprint density at radius 1 is 1.15 bits per heavy atom. The van der Waals surface area contributed by atoms with E-state index in [1.54, 1.807) is 4.90 Å². The number of aliphatic imine (C=N–C) groups is 1. The number of hydrogen-bond donors (Lipinski definition) is 3. The number of likely N-dealkylation sites (tertiary alicyclic amines) is 1. The SMILES string of the molecule is CCNC(=O)C(C)(C)CN=C(NCC)NC1CCN(C(=O)OC)CC1.I. The van der Waals surface area contributed by atoms with Gasteiger partial charge in [-0.2, -0.15) is 0 Å². The van der Waals surface area contributed by atoms with Crippen LogP contribution in [-0.4, -0.2) is 68.7 Å². The Kier molecular flexibility index (Phi) is 11.6. The quantitative estimate of drug-likeness (QED) is 0.303. The highest BCUT2D eigenvalue weighted by atomic mass is 127. The van der Waals surface area contributed by atoms with Gasteiger partial charge in [0.2, 0.25) is 5.91 Å². The van der Waals surface area contributed by atoms with Crippen LogP contribution in [0, 0.1) is 5.41 Å². The fourth-order valence-corrected chi connectivity index (χ4v) is 2.60. The van der Waals surface area contributed by atoms with Crippen molar-refractivity contribution in [2.24, 2.45) is 10.4 Å². The Morgan fingerprint density at radius 3 is 2.23 bits per heavy atom. The molecule has 0 aromatic heterocycles. The molecule has 1 aliphatic heterocycles. The van der Waals surface area contributed by atoms with Gasteiger partial charge in [0.15, 0.2) is 5.96 Å². The number of guanidine groups is 1. The van der Waals surface area contributed by atoms with Crippen LogP contribution in [0.15, 0.2) is 4.99 Å². The molecule has 3 N–H and O–H groups in total. The van der Waals surface area contributed by atoms with Gasteiger partial charge in [-0.05, 0) is 40.5 Å². The van der Waals surface area contributed by atoms with E-state index in [1.807, 2.05) is 27.7 Å². The summed E-state index contributed by atoms with van der Waals surface area (Å²) in [5, 5.41) is 9.47. The standard InChI is InChI=1S/C17H33N5O3.HI/c1-6-18-14(23)17(3,4)12-20-15(19-7-2)21-13-8-10-22(11-9-13)16(24)25-5;/h13H,6-12H2,1-5H3,(H,18,23)(H2,19,20,21);1H. The second kappa shape index (κ2) is 12.2. The minimum Gasteiger partial charge on any atom is -0.453 e. The molecule has 1 heterocycles. The number of nitrogens with zero attached hydrogens (tertiary/aromatic N) is 2. The summed E-state index contributed by atoms with van der Waals surface area (Å²) in [5.41, 5.74) is -0.563. The molecule has 0 bridgehead atoms. The zero-order valence-corrected chi connectivity index (χ0v) is 18.9. The number of hydrogen-bond acceptors (Lipinski definition) is 4. The molecule has 1 saturated heterocycles. The fourth-order valence-electron chi connectivity index (χ4n) is 2.60. The first kappa shape index (κ1) is 24.7. The molecule has 0 saturated carbocycles. The van der Waals surface area contributed by atoms with Crippen LogP contribution in [0.25, 0.3) is 0 Å². The number of methoxy groups -OCH3 is 1. The van der Waals surface area contributed by atoms with Crippen LogP contribution in [0.3, 0.4) is 0 Å². The third kappa shape index (κ3) is 7.96. The molecule has 26 heavy (non-hydrogen) atoms. The lowest BCUT2D eigenvalue weighted by molar-refractivity contribution is -0.128. The monoisotopic (exact) mass is 483 g/mol. The number of carbonyl (C=O) groups excluding carboxylic acids is 2. The van der Waals surface area contributed by atoms with Crippen molar-refractivity contribution in [3.05, 3.63) is 0 Å². The predicted molar refractivity (Wildman–Crippen MR) is 114 cm³/mol. The number of ether oxygens (including phenoxy) is 1. The molecule has 1 aliphatic rings. The van der Waals surface area contributed by atoms with Crippen molar-refractivity contribution >= 4 is 41.9 Å². The molecule has 0 unspecified atom stereocenters. The van der Waals surface area contributed by atoms with Gasteiger partial charge in [-0.15, -0.1) is 24.0 Å². The number of rotatable bonds is 6. The van der Waals surface area contributed by atoms with E-state index in [2.05, 4.69) is 20.9 Å². The van der Waals surface area contributed by atoms with Crippen molar-refractivity contribution in [2.75, 3.05) is 39.8 Å². The molecule has 0 radical (unpaired) electrons. The zero-order chi connectivity index (χ0) is 18.9. The Balaban J connectivity index is 0.00000625. The second-order valence-corrected chi connectivity index (χ2v) is 6.81. The molecule has 1 fully saturated rings. The van der Waals surface area contributed by atoms with Gasteiger partial charge in [0, 0.05) is 32.2 Å². The lowest BCUT2D eigenvalue weighted by Crippen LogP contribution is -2.50. The van der Waals surface area contributed by atoms with Crippen molar-refractivity contribution in [3.63, 3.8) is 0 Å². The predicted octanol–water partition coefficient (Wildman–Crippen LogP) is 1.55. The number of carbonyl (C=O) groups is 2. The maximum Gasteiger partial charge on any atom is 0.409 e. The average molecular weight is 483 g/mol.